The summed E-state index contributed by atoms with van der Waals surface area (Å²) in [7, 11) is -21.1. The first kappa shape index (κ1) is 49.0. The summed E-state index contributed by atoms with van der Waals surface area (Å²) in [5.74, 6) is -1.33. The molecule has 6 rings (SSSR count). The standard InChI is InChI=1S/C16H17ClN2O6S2.C10H9NO7S2.C10H9NO3S/c17-7-8-26(21,22)10-11-1-3-12(4-2-11)16(20)19-13-5-6-15(14(18)9-13)27(23,24)25;11-8-3-6(19(13,14)15)1-5-2-7(20(16,17)18)4-9(12)10(5)8;11-8-5-7-3-1-2-4-9(7)10(6-8)15(12,13)14/h1-6,9H,7-8,10,18H2,(H,19,20)(H,23,24,25);1-4,12H,11H2,(H,13,14,15)(H,16,17,18);1-6H,11H2,(H,12,13,14). The molecule has 6 aromatic rings. The van der Waals surface area contributed by atoms with Gasteiger partial charge in [-0.1, -0.05) is 36.4 Å². The van der Waals surface area contributed by atoms with Crippen LogP contribution in [0.15, 0.2) is 123 Å². The van der Waals surface area contributed by atoms with Gasteiger partial charge in [0.25, 0.3) is 46.4 Å². The highest BCUT2D eigenvalue weighted by molar-refractivity contribution is 7.90. The number of carbonyl (C=O) groups excluding carboxylic acids is 1. The predicted molar refractivity (Wildman–Crippen MR) is 231 cm³/mol. The highest BCUT2D eigenvalue weighted by Gasteiger charge is 2.20. The zero-order valence-corrected chi connectivity index (χ0v) is 36.2. The zero-order chi connectivity index (χ0) is 46.6. The van der Waals surface area contributed by atoms with E-state index in [1.807, 2.05) is 0 Å². The molecule has 0 spiro atoms. The van der Waals surface area contributed by atoms with Crippen molar-refractivity contribution in [3.8, 4) is 5.75 Å². The first-order chi connectivity index (χ1) is 28.5. The van der Waals surface area contributed by atoms with Crippen LogP contribution in [0.4, 0.5) is 22.7 Å². The number of hydrogen-bond acceptors (Lipinski definition) is 15. The molecule has 0 aliphatic rings. The van der Waals surface area contributed by atoms with Gasteiger partial charge in [-0.3, -0.25) is 23.0 Å². The smallest absolute Gasteiger partial charge is 0.296 e. The van der Waals surface area contributed by atoms with Crippen LogP contribution in [0.1, 0.15) is 15.9 Å². The third kappa shape index (κ3) is 13.0. The van der Waals surface area contributed by atoms with Crippen LogP contribution in [0.2, 0.25) is 0 Å². The number of benzene rings is 6. The van der Waals surface area contributed by atoms with Gasteiger partial charge in [0.15, 0.2) is 9.84 Å². The summed E-state index contributed by atoms with van der Waals surface area (Å²) in [5, 5.41) is 13.3. The van der Waals surface area contributed by atoms with Gasteiger partial charge in [0, 0.05) is 45.3 Å². The van der Waals surface area contributed by atoms with Crippen LogP contribution in [0.25, 0.3) is 21.5 Å². The second-order valence-corrected chi connectivity index (χ2v) is 21.1. The van der Waals surface area contributed by atoms with Gasteiger partial charge in [-0.15, -0.1) is 11.6 Å². The quantitative estimate of drug-likeness (QED) is 0.0527. The van der Waals surface area contributed by atoms with E-state index < -0.39 is 76.7 Å². The van der Waals surface area contributed by atoms with Crippen molar-refractivity contribution in [2.24, 2.45) is 0 Å². The Kier molecular flexibility index (Phi) is 14.9. The molecule has 26 heteroatoms. The van der Waals surface area contributed by atoms with Crippen LogP contribution in [-0.4, -0.2) is 82.9 Å². The van der Waals surface area contributed by atoms with Crippen LogP contribution in [0.3, 0.4) is 0 Å². The molecule has 0 atom stereocenters. The fraction of sp³-hybridized carbons (Fsp3) is 0.0833. The molecular formula is C36H35ClN4O16S5. The number of carbonyl (C=O) groups is 1. The number of alkyl halides is 1. The Morgan fingerprint density at radius 2 is 1.16 bits per heavy atom. The number of aromatic hydroxyl groups is 1. The van der Waals surface area contributed by atoms with Gasteiger partial charge < -0.3 is 27.6 Å². The highest BCUT2D eigenvalue weighted by atomic mass is 35.5. The van der Waals surface area contributed by atoms with E-state index in [-0.39, 0.29) is 55.7 Å². The molecule has 0 fully saturated rings. The Hall–Kier alpha value is -5.61. The summed E-state index contributed by atoms with van der Waals surface area (Å²) in [5.41, 5.74) is 17.6. The van der Waals surface area contributed by atoms with Gasteiger partial charge in [-0.05, 0) is 77.0 Å². The fourth-order valence-electron chi connectivity index (χ4n) is 5.54. The number of rotatable bonds is 10. The van der Waals surface area contributed by atoms with E-state index in [0.717, 1.165) is 30.3 Å². The molecule has 62 heavy (non-hydrogen) atoms. The molecule has 6 aromatic carbocycles. The molecule has 0 bridgehead atoms. The predicted octanol–water partition coefficient (Wildman–Crippen LogP) is 4.21. The summed E-state index contributed by atoms with van der Waals surface area (Å²) in [6.45, 7) is 0. The van der Waals surface area contributed by atoms with Crippen molar-refractivity contribution in [3.05, 3.63) is 114 Å². The number of nitrogen functional groups attached to an aromatic ring is 3. The van der Waals surface area contributed by atoms with E-state index in [1.54, 1.807) is 30.3 Å². The second-order valence-electron chi connectivity index (χ2n) is 12.9. The van der Waals surface area contributed by atoms with Crippen LogP contribution in [0, 0.1) is 0 Å². The van der Waals surface area contributed by atoms with Crippen LogP contribution in [0.5, 0.6) is 5.75 Å². The van der Waals surface area contributed by atoms with E-state index in [1.165, 1.54) is 42.5 Å². The Morgan fingerprint density at radius 3 is 1.69 bits per heavy atom. The Bertz CT molecular complexity index is 3210. The lowest BCUT2D eigenvalue weighted by Gasteiger charge is -2.09. The molecule has 0 saturated heterocycles. The second kappa shape index (κ2) is 18.8. The average molecular weight is 975 g/mol. The SMILES string of the molecule is Nc1cc(NC(=O)c2ccc(CS(=O)(=O)CCCl)cc2)ccc1S(=O)(=O)O.Nc1cc(S(=O)(=O)O)c2ccccc2c1.Nc1cc(S(=O)(=O)O)cc2cc(S(=O)(=O)O)cc(O)c12. The van der Waals surface area contributed by atoms with Gasteiger partial charge in [0.2, 0.25) is 0 Å². The topological polar surface area (TPSA) is 379 Å². The number of nitrogens with one attached hydrogen (secondary N) is 1. The van der Waals surface area contributed by atoms with Crippen molar-refractivity contribution in [1.82, 2.24) is 0 Å². The Morgan fingerprint density at radius 1 is 0.597 bits per heavy atom. The van der Waals surface area contributed by atoms with Crippen LogP contribution < -0.4 is 22.5 Å². The maximum absolute atomic E-state index is 12.3. The van der Waals surface area contributed by atoms with Crippen LogP contribution in [-0.2, 0) is 56.1 Å². The molecule has 0 radical (unpaired) electrons. The molecule has 0 aliphatic heterocycles. The van der Waals surface area contributed by atoms with Crippen LogP contribution >= 0.6 is 11.6 Å². The fourth-order valence-corrected chi connectivity index (χ4v) is 9.76. The number of hydrogen-bond donors (Lipinski definition) is 9. The van der Waals surface area contributed by atoms with E-state index in [9.17, 15) is 52.0 Å². The Labute approximate surface area is 359 Å². The third-order valence-corrected chi connectivity index (χ3v) is 13.8. The molecule has 0 aromatic heterocycles. The van der Waals surface area contributed by atoms with Crippen molar-refractivity contribution in [2.45, 2.75) is 25.3 Å². The largest absolute Gasteiger partial charge is 0.507 e. The summed E-state index contributed by atoms with van der Waals surface area (Å²) in [6, 6.07) is 22.8. The van der Waals surface area contributed by atoms with Gasteiger partial charge in [0.05, 0.1) is 27.0 Å². The Balaban J connectivity index is 0.000000213. The van der Waals surface area contributed by atoms with Gasteiger partial charge in [0.1, 0.15) is 15.5 Å². The number of phenols is 1. The molecule has 0 unspecified atom stereocenters. The van der Waals surface area contributed by atoms with E-state index >= 15 is 0 Å². The minimum Gasteiger partial charge on any atom is -0.507 e. The number of halogens is 1. The molecule has 0 aliphatic carbocycles. The van der Waals surface area contributed by atoms with Gasteiger partial charge in [-0.25, -0.2) is 8.42 Å². The normalized spacial score (nSPS) is 12.1. The first-order valence-electron chi connectivity index (χ1n) is 16.8. The monoisotopic (exact) mass is 974 g/mol. The van der Waals surface area contributed by atoms with E-state index in [0.29, 0.717) is 22.0 Å². The van der Waals surface area contributed by atoms with E-state index in [4.69, 9.17) is 47.0 Å². The number of anilines is 4. The van der Waals surface area contributed by atoms with Gasteiger partial charge >= 0.3 is 0 Å². The molecule has 20 nitrogen and oxygen atoms in total. The molecule has 332 valence electrons. The first-order valence-corrected chi connectivity index (χ1v) is 24.9. The molecular weight excluding hydrogens is 940 g/mol. The summed E-state index contributed by atoms with van der Waals surface area (Å²) < 4.78 is 148. The average Bonchev–Trinajstić information content (AvgIpc) is 3.13. The zero-order valence-electron chi connectivity index (χ0n) is 31.3. The van der Waals surface area contributed by atoms with Crippen molar-refractivity contribution < 1.29 is 70.2 Å². The van der Waals surface area contributed by atoms with Crippen molar-refractivity contribution in [3.63, 3.8) is 0 Å². The number of amides is 1. The lowest BCUT2D eigenvalue weighted by molar-refractivity contribution is 0.102. The number of phenolic OH excluding ortho intramolecular Hbond substituents is 1. The summed E-state index contributed by atoms with van der Waals surface area (Å²) in [6.07, 6.45) is 0. The minimum absolute atomic E-state index is 0.00444. The van der Waals surface area contributed by atoms with E-state index in [2.05, 4.69) is 5.32 Å². The molecule has 1 amide bonds. The lowest BCUT2D eigenvalue weighted by Crippen LogP contribution is -2.13. The lowest BCUT2D eigenvalue weighted by atomic mass is 10.1. The summed E-state index contributed by atoms with van der Waals surface area (Å²) in [4.78, 5) is 10.4. The molecule has 12 N–H and O–H groups in total. The van der Waals surface area contributed by atoms with Crippen molar-refractivity contribution in [2.75, 3.05) is 34.2 Å². The summed E-state index contributed by atoms with van der Waals surface area (Å²) >= 11 is 5.45. The maximum atomic E-state index is 12.3. The number of fused-ring (bicyclic) bond motifs is 2. The maximum Gasteiger partial charge on any atom is 0.296 e. The third-order valence-electron chi connectivity index (χ3n) is 8.26. The number of nitrogens with two attached hydrogens (primary N) is 3. The van der Waals surface area contributed by atoms with Crippen molar-refractivity contribution in [1.29, 1.82) is 0 Å². The number of sulfone groups is 1. The van der Waals surface area contributed by atoms with Gasteiger partial charge in [-0.2, -0.15) is 33.7 Å². The minimum atomic E-state index is -4.59. The molecule has 0 heterocycles. The highest BCUT2D eigenvalue weighted by Crippen LogP contribution is 2.35. The van der Waals surface area contributed by atoms with Crippen molar-refractivity contribution >= 4 is 112 Å². The molecule has 0 saturated carbocycles.